The lowest BCUT2D eigenvalue weighted by molar-refractivity contribution is -0.136. The Morgan fingerprint density at radius 2 is 1.86 bits per heavy atom. The van der Waals surface area contributed by atoms with Gasteiger partial charge < -0.3 is 29.5 Å². The van der Waals surface area contributed by atoms with Crippen molar-refractivity contribution in [3.05, 3.63) is 45.7 Å². The van der Waals surface area contributed by atoms with Crippen molar-refractivity contribution in [3.63, 3.8) is 0 Å². The second-order valence-electron chi connectivity index (χ2n) is 11.3. The summed E-state index contributed by atoms with van der Waals surface area (Å²) in [4.78, 5) is 16.2. The number of aliphatic hydroxyl groups is 2. The third-order valence-corrected chi connectivity index (χ3v) is 9.48. The largest absolute Gasteiger partial charge is 0.473 e. The van der Waals surface area contributed by atoms with Crippen molar-refractivity contribution in [1.82, 2.24) is 9.80 Å². The molecule has 3 saturated heterocycles. The van der Waals surface area contributed by atoms with E-state index in [9.17, 15) is 15.0 Å². The molecule has 2 aliphatic carbocycles. The second kappa shape index (κ2) is 9.15. The molecule has 8 nitrogen and oxygen atoms in total. The van der Waals surface area contributed by atoms with Crippen molar-refractivity contribution in [2.45, 2.75) is 51.9 Å². The molecule has 0 amide bonds. The highest BCUT2D eigenvalue weighted by Gasteiger charge is 2.45. The van der Waals surface area contributed by atoms with Crippen LogP contribution < -0.4 is 0 Å². The number of nitrogens with zero attached hydrogens (tertiary/aromatic N) is 2. The highest BCUT2D eigenvalue weighted by molar-refractivity contribution is 5.96. The third-order valence-electron chi connectivity index (χ3n) is 9.48. The van der Waals surface area contributed by atoms with Crippen LogP contribution in [0.4, 0.5) is 0 Å². The molecule has 0 aromatic carbocycles. The minimum Gasteiger partial charge on any atom is -0.473 e. The lowest BCUT2D eigenvalue weighted by Gasteiger charge is -2.46. The number of cyclic esters (lactones) is 1. The monoisotopic (exact) mass is 495 g/mol. The van der Waals surface area contributed by atoms with Gasteiger partial charge >= 0.3 is 5.97 Å². The Labute approximate surface area is 212 Å². The standard InChI is InChI=1S/C28H37N3O5/c1-15-20(10-18-11-21-25(18)22(15)13-35-26(21)29)24(32)12-30-8-5-17(6-9-30)19-4-3-7-31(27(19)33)23-14-36-28(34)16(23)2/h10-11,17-19,24-25,27,29,32-33H,3-9,12-14H2,1-2H3/t18?,19?,24-,25?,27-/m0/s1. The summed E-state index contributed by atoms with van der Waals surface area (Å²) in [6, 6.07) is 0. The maximum absolute atomic E-state index is 11.8. The molecule has 36 heavy (non-hydrogen) atoms. The predicted molar refractivity (Wildman–Crippen MR) is 134 cm³/mol. The number of aliphatic hydroxyl groups excluding tert-OH is 2. The Hall–Kier alpha value is -2.42. The zero-order chi connectivity index (χ0) is 25.1. The van der Waals surface area contributed by atoms with Gasteiger partial charge in [-0.25, -0.2) is 4.79 Å². The second-order valence-corrected chi connectivity index (χ2v) is 11.3. The van der Waals surface area contributed by atoms with Gasteiger partial charge in [-0.2, -0.15) is 0 Å². The van der Waals surface area contributed by atoms with E-state index in [-0.39, 0.29) is 30.3 Å². The van der Waals surface area contributed by atoms with Gasteiger partial charge in [0.2, 0.25) is 5.90 Å². The van der Waals surface area contributed by atoms with Crippen molar-refractivity contribution in [3.8, 4) is 0 Å². The number of carbonyl (C=O) groups is 1. The zero-order valence-electron chi connectivity index (χ0n) is 21.2. The molecular formula is C28H37N3O5. The quantitative estimate of drug-likeness (QED) is 0.503. The molecular weight excluding hydrogens is 458 g/mol. The number of ether oxygens (including phenoxy) is 2. The predicted octanol–water partition coefficient (Wildman–Crippen LogP) is 2.36. The smallest absolute Gasteiger partial charge is 0.335 e. The maximum atomic E-state index is 11.8. The number of carbonyl (C=O) groups excluding carboxylic acids is 1. The molecule has 0 aromatic heterocycles. The van der Waals surface area contributed by atoms with Gasteiger partial charge in [0.1, 0.15) is 19.4 Å². The average Bonchev–Trinajstić information content (AvgIpc) is 3.18. The number of hydrogen-bond donors (Lipinski definition) is 3. The van der Waals surface area contributed by atoms with Crippen molar-refractivity contribution in [2.75, 3.05) is 39.4 Å². The van der Waals surface area contributed by atoms with Gasteiger partial charge in [-0.05, 0) is 75.3 Å². The Balaban J connectivity index is 1.06. The average molecular weight is 496 g/mol. The van der Waals surface area contributed by atoms with Crippen molar-refractivity contribution in [2.24, 2.45) is 23.7 Å². The summed E-state index contributed by atoms with van der Waals surface area (Å²) in [5, 5.41) is 30.4. The summed E-state index contributed by atoms with van der Waals surface area (Å²) in [6.45, 7) is 7.79. The molecule has 5 atom stereocenters. The fourth-order valence-corrected chi connectivity index (χ4v) is 7.28. The highest BCUT2D eigenvalue weighted by atomic mass is 16.5. The molecule has 4 aliphatic heterocycles. The van der Waals surface area contributed by atoms with Crippen LogP contribution in [-0.4, -0.2) is 83.6 Å². The number of rotatable bonds is 5. The Morgan fingerprint density at radius 3 is 2.58 bits per heavy atom. The van der Waals surface area contributed by atoms with E-state index in [0.29, 0.717) is 30.5 Å². The molecule has 3 fully saturated rings. The van der Waals surface area contributed by atoms with Crippen LogP contribution in [0.5, 0.6) is 0 Å². The van der Waals surface area contributed by atoms with Crippen molar-refractivity contribution < 1.29 is 24.5 Å². The fourth-order valence-electron chi connectivity index (χ4n) is 7.28. The van der Waals surface area contributed by atoms with Crippen LogP contribution in [0.1, 0.15) is 39.5 Å². The van der Waals surface area contributed by atoms with Crippen LogP contribution in [0, 0.1) is 29.1 Å². The van der Waals surface area contributed by atoms with Gasteiger partial charge in [0.05, 0.1) is 17.4 Å². The summed E-state index contributed by atoms with van der Waals surface area (Å²) in [5.41, 5.74) is 5.82. The number of esters is 1. The number of hydrogen-bond acceptors (Lipinski definition) is 8. The molecule has 0 aromatic rings. The normalized spacial score (nSPS) is 34.1. The molecule has 6 aliphatic rings. The Kier molecular flexibility index (Phi) is 6.09. The number of piperidine rings is 2. The molecule has 0 spiro atoms. The number of nitrogens with one attached hydrogen (secondary N) is 1. The zero-order valence-corrected chi connectivity index (χ0v) is 21.2. The lowest BCUT2D eigenvalue weighted by Crippen LogP contribution is -2.50. The summed E-state index contributed by atoms with van der Waals surface area (Å²) >= 11 is 0. The van der Waals surface area contributed by atoms with Crippen LogP contribution in [0.15, 0.2) is 45.7 Å². The van der Waals surface area contributed by atoms with Gasteiger partial charge in [-0.1, -0.05) is 12.2 Å². The number of likely N-dealkylation sites (tertiary alicyclic amines) is 2. The van der Waals surface area contributed by atoms with Crippen LogP contribution in [0.2, 0.25) is 0 Å². The van der Waals surface area contributed by atoms with E-state index >= 15 is 0 Å². The van der Waals surface area contributed by atoms with E-state index in [0.717, 1.165) is 67.7 Å². The fraction of sp³-hybridized carbons (Fsp3) is 0.643. The van der Waals surface area contributed by atoms with Crippen molar-refractivity contribution >= 4 is 11.9 Å². The SMILES string of the molecule is CC1=C2COC(=N)C3=CC(C=C1[C@@H](O)CN1CCC(C4CCCN(C5=C(C)C(=O)OC5)[C@H]4O)CC1)C32. The van der Waals surface area contributed by atoms with Crippen LogP contribution in [0.3, 0.4) is 0 Å². The Morgan fingerprint density at radius 1 is 1.08 bits per heavy atom. The number of β-amino-alcohol motifs (C(OH)–C–C–N with tert-alkyl or cyclic N) is 1. The summed E-state index contributed by atoms with van der Waals surface area (Å²) in [6.07, 6.45) is 7.20. The Bertz CT molecular complexity index is 1100. The number of allylic oxidation sites excluding steroid dienone is 2. The lowest BCUT2D eigenvalue weighted by atomic mass is 9.64. The van der Waals surface area contributed by atoms with Crippen molar-refractivity contribution in [1.29, 1.82) is 5.41 Å². The van der Waals surface area contributed by atoms with E-state index in [4.69, 9.17) is 14.9 Å². The minimum atomic E-state index is -0.574. The van der Waals surface area contributed by atoms with Gasteiger partial charge in [0.25, 0.3) is 0 Å². The van der Waals surface area contributed by atoms with Gasteiger partial charge in [0, 0.05) is 36.4 Å². The van der Waals surface area contributed by atoms with Crippen LogP contribution >= 0.6 is 0 Å². The first-order chi connectivity index (χ1) is 17.3. The molecule has 0 saturated carbocycles. The van der Waals surface area contributed by atoms with E-state index in [1.54, 1.807) is 6.92 Å². The molecule has 194 valence electrons. The summed E-state index contributed by atoms with van der Waals surface area (Å²) in [7, 11) is 0. The summed E-state index contributed by atoms with van der Waals surface area (Å²) < 4.78 is 10.8. The first-order valence-corrected chi connectivity index (χ1v) is 13.4. The van der Waals surface area contributed by atoms with Crippen LogP contribution in [0.25, 0.3) is 0 Å². The molecule has 6 rings (SSSR count). The van der Waals surface area contributed by atoms with E-state index in [2.05, 4.69) is 24.0 Å². The first-order valence-electron chi connectivity index (χ1n) is 13.4. The van der Waals surface area contributed by atoms with E-state index < -0.39 is 12.3 Å². The molecule has 3 unspecified atom stereocenters. The van der Waals surface area contributed by atoms with E-state index in [1.165, 1.54) is 5.57 Å². The first kappa shape index (κ1) is 23.9. The molecule has 3 N–H and O–H groups in total. The van der Waals surface area contributed by atoms with Crippen LogP contribution in [-0.2, 0) is 14.3 Å². The summed E-state index contributed by atoms with van der Waals surface area (Å²) in [5.74, 6) is 1.20. The van der Waals surface area contributed by atoms with E-state index in [1.807, 2.05) is 4.90 Å². The van der Waals surface area contributed by atoms with Gasteiger partial charge in [-0.15, -0.1) is 0 Å². The molecule has 4 heterocycles. The van der Waals surface area contributed by atoms with Gasteiger partial charge in [-0.3, -0.25) is 5.41 Å². The third kappa shape index (κ3) is 3.85. The minimum absolute atomic E-state index is 0.191. The maximum Gasteiger partial charge on any atom is 0.335 e. The molecule has 8 heteroatoms. The molecule has 0 radical (unpaired) electrons. The molecule has 0 bridgehead atoms. The topological polar surface area (TPSA) is 106 Å². The highest BCUT2D eigenvalue weighted by Crippen LogP contribution is 2.49. The van der Waals surface area contributed by atoms with Gasteiger partial charge in [0.15, 0.2) is 0 Å².